The second-order valence-electron chi connectivity index (χ2n) is 4.02. The monoisotopic (exact) mass is 236 g/mol. The van der Waals surface area contributed by atoms with E-state index in [-0.39, 0.29) is 0 Å². The fraction of sp³-hybridized carbons (Fsp3) is 0.0667. The summed E-state index contributed by atoms with van der Waals surface area (Å²) in [5, 5.41) is 9.50. The highest BCUT2D eigenvalue weighted by atomic mass is 16.5. The molecule has 1 aromatic heterocycles. The molecular formula is C15H12N2O. The molecule has 3 nitrogen and oxygen atoms in total. The van der Waals surface area contributed by atoms with E-state index in [1.54, 1.807) is 7.11 Å². The number of methoxy groups -OCH3 is 1. The number of hydrogen-bond acceptors (Lipinski definition) is 3. The summed E-state index contributed by atoms with van der Waals surface area (Å²) in [6.07, 6.45) is 0. The summed E-state index contributed by atoms with van der Waals surface area (Å²) < 4.78 is 5.22. The molecule has 3 aromatic rings. The zero-order chi connectivity index (χ0) is 12.4. The van der Waals surface area contributed by atoms with Crippen molar-refractivity contribution in [2.75, 3.05) is 7.11 Å². The second kappa shape index (κ2) is 4.45. The van der Waals surface area contributed by atoms with Crippen LogP contribution in [0.3, 0.4) is 0 Å². The van der Waals surface area contributed by atoms with Gasteiger partial charge >= 0.3 is 0 Å². The summed E-state index contributed by atoms with van der Waals surface area (Å²) >= 11 is 0. The Morgan fingerprint density at radius 2 is 1.72 bits per heavy atom. The highest BCUT2D eigenvalue weighted by Crippen LogP contribution is 2.23. The van der Waals surface area contributed by atoms with E-state index in [0.29, 0.717) is 0 Å². The number of hydrogen-bond donors (Lipinski definition) is 0. The van der Waals surface area contributed by atoms with Crippen LogP contribution < -0.4 is 4.74 Å². The van der Waals surface area contributed by atoms with E-state index in [0.717, 1.165) is 27.9 Å². The Morgan fingerprint density at radius 1 is 0.889 bits per heavy atom. The minimum absolute atomic E-state index is 0.828. The summed E-state index contributed by atoms with van der Waals surface area (Å²) in [7, 11) is 1.66. The summed E-state index contributed by atoms with van der Waals surface area (Å²) in [6.45, 7) is 0. The maximum absolute atomic E-state index is 5.22. The number of ether oxygens (including phenoxy) is 1. The Labute approximate surface area is 105 Å². The lowest BCUT2D eigenvalue weighted by atomic mass is 10.1. The first-order valence-corrected chi connectivity index (χ1v) is 5.74. The van der Waals surface area contributed by atoms with Crippen molar-refractivity contribution in [2.45, 2.75) is 0 Å². The van der Waals surface area contributed by atoms with E-state index in [1.165, 1.54) is 0 Å². The molecule has 0 N–H and O–H groups in total. The molecule has 0 aliphatic carbocycles. The Bertz CT molecular complexity index is 680. The number of fused-ring (bicyclic) bond motifs is 1. The average Bonchev–Trinajstić information content (AvgIpc) is 2.47. The van der Waals surface area contributed by atoms with Gasteiger partial charge in [0.15, 0.2) is 0 Å². The third kappa shape index (κ3) is 1.91. The van der Waals surface area contributed by atoms with E-state index < -0.39 is 0 Å². The number of rotatable bonds is 2. The predicted octanol–water partition coefficient (Wildman–Crippen LogP) is 3.31. The van der Waals surface area contributed by atoms with Gasteiger partial charge in [-0.05, 0) is 24.3 Å². The molecule has 0 aliphatic rings. The smallest absolute Gasteiger partial charge is 0.119 e. The number of nitrogens with zero attached hydrogens (tertiary/aromatic N) is 2. The first-order valence-electron chi connectivity index (χ1n) is 5.74. The summed E-state index contributed by atoms with van der Waals surface area (Å²) in [6, 6.07) is 17.8. The molecule has 1 heterocycles. The minimum Gasteiger partial charge on any atom is -0.497 e. The lowest BCUT2D eigenvalue weighted by Gasteiger charge is -2.04. The fourth-order valence-corrected chi connectivity index (χ4v) is 1.90. The third-order valence-corrected chi connectivity index (χ3v) is 2.86. The van der Waals surface area contributed by atoms with Crippen LogP contribution in [-0.2, 0) is 0 Å². The topological polar surface area (TPSA) is 35.0 Å². The van der Waals surface area contributed by atoms with Gasteiger partial charge in [0, 0.05) is 10.9 Å². The van der Waals surface area contributed by atoms with Crippen LogP contribution in [0.15, 0.2) is 54.6 Å². The molecular weight excluding hydrogens is 224 g/mol. The molecule has 3 heteroatoms. The van der Waals surface area contributed by atoms with Gasteiger partial charge in [-0.25, -0.2) is 0 Å². The third-order valence-electron chi connectivity index (χ3n) is 2.86. The van der Waals surface area contributed by atoms with Gasteiger partial charge in [0.05, 0.1) is 18.3 Å². The molecule has 0 saturated carbocycles. The molecule has 88 valence electrons. The van der Waals surface area contributed by atoms with Crippen molar-refractivity contribution in [1.29, 1.82) is 0 Å². The second-order valence-corrected chi connectivity index (χ2v) is 4.02. The lowest BCUT2D eigenvalue weighted by molar-refractivity contribution is 0.415. The van der Waals surface area contributed by atoms with Crippen molar-refractivity contribution in [3.05, 3.63) is 54.6 Å². The van der Waals surface area contributed by atoms with Gasteiger partial charge in [0.2, 0.25) is 0 Å². The molecule has 0 unspecified atom stereocenters. The predicted molar refractivity (Wildman–Crippen MR) is 71.5 cm³/mol. The van der Waals surface area contributed by atoms with Crippen LogP contribution in [0.1, 0.15) is 0 Å². The Morgan fingerprint density at radius 3 is 2.50 bits per heavy atom. The molecule has 18 heavy (non-hydrogen) atoms. The van der Waals surface area contributed by atoms with Crippen molar-refractivity contribution in [1.82, 2.24) is 10.2 Å². The van der Waals surface area contributed by atoms with Gasteiger partial charge in [-0.1, -0.05) is 30.3 Å². The average molecular weight is 236 g/mol. The van der Waals surface area contributed by atoms with Crippen LogP contribution in [0.2, 0.25) is 0 Å². The van der Waals surface area contributed by atoms with Gasteiger partial charge in [-0.3, -0.25) is 0 Å². The Kier molecular flexibility index (Phi) is 2.65. The molecule has 0 atom stereocenters. The van der Waals surface area contributed by atoms with Crippen LogP contribution >= 0.6 is 0 Å². The van der Waals surface area contributed by atoms with Crippen LogP contribution in [0, 0.1) is 0 Å². The highest BCUT2D eigenvalue weighted by molar-refractivity contribution is 5.83. The molecule has 2 aromatic carbocycles. The first kappa shape index (κ1) is 10.7. The van der Waals surface area contributed by atoms with Gasteiger partial charge < -0.3 is 4.74 Å². The van der Waals surface area contributed by atoms with E-state index in [9.17, 15) is 0 Å². The zero-order valence-corrected chi connectivity index (χ0v) is 10.00. The maximum atomic E-state index is 5.22. The van der Waals surface area contributed by atoms with Crippen molar-refractivity contribution < 1.29 is 4.74 Å². The van der Waals surface area contributed by atoms with Gasteiger partial charge in [-0.15, -0.1) is 10.2 Å². The lowest BCUT2D eigenvalue weighted by Crippen LogP contribution is -1.90. The molecule has 0 saturated heterocycles. The summed E-state index contributed by atoms with van der Waals surface area (Å²) in [4.78, 5) is 0. The van der Waals surface area contributed by atoms with Crippen molar-refractivity contribution in [3.63, 3.8) is 0 Å². The quantitative estimate of drug-likeness (QED) is 0.684. The first-order chi connectivity index (χ1) is 8.86. The van der Waals surface area contributed by atoms with Crippen molar-refractivity contribution in [3.8, 4) is 17.0 Å². The molecule has 0 aliphatic heterocycles. The van der Waals surface area contributed by atoms with Crippen LogP contribution in [-0.4, -0.2) is 17.3 Å². The summed E-state index contributed by atoms with van der Waals surface area (Å²) in [5.41, 5.74) is 2.81. The molecule has 0 radical (unpaired) electrons. The molecule has 0 bridgehead atoms. The number of benzene rings is 2. The minimum atomic E-state index is 0.828. The van der Waals surface area contributed by atoms with Crippen molar-refractivity contribution >= 4 is 10.9 Å². The van der Waals surface area contributed by atoms with E-state index in [2.05, 4.69) is 10.2 Å². The van der Waals surface area contributed by atoms with Gasteiger partial charge in [0.1, 0.15) is 5.75 Å². The highest BCUT2D eigenvalue weighted by Gasteiger charge is 2.03. The largest absolute Gasteiger partial charge is 0.497 e. The standard InChI is InChI=1S/C15H12N2O/c1-18-13-7-8-14-12(9-13)10-15(17-16-14)11-5-3-2-4-6-11/h2-10H,1H3. The molecule has 0 amide bonds. The SMILES string of the molecule is COc1ccc2nnc(-c3ccccc3)cc2c1. The molecule has 3 rings (SSSR count). The normalized spacial score (nSPS) is 10.5. The van der Waals surface area contributed by atoms with E-state index in [1.807, 2.05) is 54.6 Å². The van der Waals surface area contributed by atoms with Crippen LogP contribution in [0.4, 0.5) is 0 Å². The fourth-order valence-electron chi connectivity index (χ4n) is 1.90. The zero-order valence-electron chi connectivity index (χ0n) is 10.00. The Balaban J connectivity index is 2.15. The van der Waals surface area contributed by atoms with E-state index >= 15 is 0 Å². The van der Waals surface area contributed by atoms with Gasteiger partial charge in [-0.2, -0.15) is 0 Å². The van der Waals surface area contributed by atoms with Crippen LogP contribution in [0.25, 0.3) is 22.2 Å². The van der Waals surface area contributed by atoms with Crippen LogP contribution in [0.5, 0.6) is 5.75 Å². The van der Waals surface area contributed by atoms with E-state index in [4.69, 9.17) is 4.74 Å². The number of aromatic nitrogens is 2. The maximum Gasteiger partial charge on any atom is 0.119 e. The van der Waals surface area contributed by atoms with Gasteiger partial charge in [0.25, 0.3) is 0 Å². The Hall–Kier alpha value is -2.42. The molecule has 0 spiro atoms. The molecule has 0 fully saturated rings. The van der Waals surface area contributed by atoms with Crippen molar-refractivity contribution in [2.24, 2.45) is 0 Å². The summed E-state index contributed by atoms with van der Waals surface area (Å²) in [5.74, 6) is 0.828.